The lowest BCUT2D eigenvalue weighted by atomic mass is 10.2. The Kier molecular flexibility index (Phi) is 6.89. The van der Waals surface area contributed by atoms with E-state index in [2.05, 4.69) is 28.4 Å². The molecule has 3 aromatic rings. The minimum atomic E-state index is -0.405. The molecule has 0 spiro atoms. The number of benzene rings is 1. The Bertz CT molecular complexity index is 1120. The molecule has 8 nitrogen and oxygen atoms in total. The molecule has 1 aromatic carbocycles. The molecule has 0 saturated carbocycles. The molecule has 30 heavy (non-hydrogen) atoms. The third-order valence-corrected chi connectivity index (χ3v) is 5.00. The first-order valence-electron chi connectivity index (χ1n) is 10.1. The number of hydrogen-bond donors (Lipinski definition) is 1. The van der Waals surface area contributed by atoms with Crippen molar-refractivity contribution < 1.29 is 4.74 Å². The normalized spacial score (nSPS) is 11.3. The van der Waals surface area contributed by atoms with Gasteiger partial charge in [-0.05, 0) is 31.2 Å². The number of aromatic nitrogens is 4. The fourth-order valence-electron chi connectivity index (χ4n) is 3.41. The third-order valence-electron chi connectivity index (χ3n) is 5.00. The van der Waals surface area contributed by atoms with E-state index >= 15 is 0 Å². The summed E-state index contributed by atoms with van der Waals surface area (Å²) in [6.45, 7) is 7.98. The summed E-state index contributed by atoms with van der Waals surface area (Å²) in [6.07, 6.45) is 3.51. The van der Waals surface area contributed by atoms with Crippen molar-refractivity contribution in [3.8, 4) is 5.75 Å². The van der Waals surface area contributed by atoms with E-state index in [-0.39, 0.29) is 0 Å². The summed E-state index contributed by atoms with van der Waals surface area (Å²) in [5, 5.41) is 0. The highest BCUT2D eigenvalue weighted by Crippen LogP contribution is 2.16. The molecular formula is C22H29N5O3. The zero-order chi connectivity index (χ0) is 21.7. The molecule has 1 N–H and O–H groups in total. The standard InChI is InChI=1S/C22H29N5O3/c1-5-7-12-27-20-19(21(28)24-22(27)29)26(4)18(23-20)15-25(3)14-16-8-10-17(11-9-16)30-13-6-2/h6,8-11H,2,5,7,12-15H2,1,3-4H3,(H,24,28,29). The predicted molar refractivity (Wildman–Crippen MR) is 118 cm³/mol. The van der Waals surface area contributed by atoms with Crippen LogP contribution in [0.5, 0.6) is 5.75 Å². The number of H-pyrrole nitrogens is 1. The van der Waals surface area contributed by atoms with Crippen LogP contribution in [0, 0.1) is 0 Å². The Morgan fingerprint density at radius 1 is 1.23 bits per heavy atom. The van der Waals surface area contributed by atoms with Crippen LogP contribution in [0.15, 0.2) is 46.5 Å². The second-order valence-corrected chi connectivity index (χ2v) is 7.44. The van der Waals surface area contributed by atoms with Crippen molar-refractivity contribution in [2.45, 2.75) is 39.4 Å². The molecule has 0 atom stereocenters. The summed E-state index contributed by atoms with van der Waals surface area (Å²) in [4.78, 5) is 33.8. The summed E-state index contributed by atoms with van der Waals surface area (Å²) in [5.74, 6) is 1.54. The van der Waals surface area contributed by atoms with Gasteiger partial charge in [0.15, 0.2) is 11.2 Å². The van der Waals surface area contributed by atoms with Crippen LogP contribution in [0.4, 0.5) is 0 Å². The fraction of sp³-hybridized carbons (Fsp3) is 0.409. The number of unbranched alkanes of at least 4 members (excludes halogenated alkanes) is 1. The van der Waals surface area contributed by atoms with Crippen LogP contribution in [0.25, 0.3) is 11.2 Å². The number of nitrogens with zero attached hydrogens (tertiary/aromatic N) is 4. The maximum absolute atomic E-state index is 12.4. The fourth-order valence-corrected chi connectivity index (χ4v) is 3.41. The molecule has 160 valence electrons. The number of aromatic amines is 1. The van der Waals surface area contributed by atoms with E-state index in [0.717, 1.165) is 30.0 Å². The number of fused-ring (bicyclic) bond motifs is 1. The largest absolute Gasteiger partial charge is 0.490 e. The van der Waals surface area contributed by atoms with Gasteiger partial charge >= 0.3 is 5.69 Å². The smallest absolute Gasteiger partial charge is 0.330 e. The van der Waals surface area contributed by atoms with Gasteiger partial charge in [-0.3, -0.25) is 19.2 Å². The van der Waals surface area contributed by atoms with Gasteiger partial charge in [0.2, 0.25) is 0 Å². The van der Waals surface area contributed by atoms with Gasteiger partial charge in [-0.25, -0.2) is 9.78 Å². The van der Waals surface area contributed by atoms with Crippen LogP contribution in [0.2, 0.25) is 0 Å². The Balaban J connectivity index is 1.80. The molecule has 3 rings (SSSR count). The Labute approximate surface area is 175 Å². The van der Waals surface area contributed by atoms with Crippen LogP contribution >= 0.6 is 0 Å². The van der Waals surface area contributed by atoms with E-state index in [1.807, 2.05) is 38.4 Å². The first-order chi connectivity index (χ1) is 14.4. The van der Waals surface area contributed by atoms with Crippen LogP contribution < -0.4 is 16.0 Å². The van der Waals surface area contributed by atoms with E-state index in [4.69, 9.17) is 4.74 Å². The van der Waals surface area contributed by atoms with E-state index in [1.165, 1.54) is 0 Å². The molecule has 0 fully saturated rings. The zero-order valence-electron chi connectivity index (χ0n) is 17.9. The molecule has 2 heterocycles. The van der Waals surface area contributed by atoms with E-state index in [1.54, 1.807) is 15.2 Å². The van der Waals surface area contributed by atoms with Crippen LogP contribution in [-0.4, -0.2) is 37.7 Å². The van der Waals surface area contributed by atoms with Crippen LogP contribution in [0.1, 0.15) is 31.2 Å². The van der Waals surface area contributed by atoms with Gasteiger partial charge in [0, 0.05) is 20.1 Å². The molecule has 0 saturated heterocycles. The number of ether oxygens (including phenoxy) is 1. The second kappa shape index (κ2) is 9.58. The van der Waals surface area contributed by atoms with Crippen molar-refractivity contribution in [1.29, 1.82) is 0 Å². The number of hydrogen-bond acceptors (Lipinski definition) is 5. The molecular weight excluding hydrogens is 382 g/mol. The molecule has 0 bridgehead atoms. The highest BCUT2D eigenvalue weighted by Gasteiger charge is 2.17. The first kappa shape index (κ1) is 21.6. The predicted octanol–water partition coefficient (Wildman–Crippen LogP) is 2.42. The van der Waals surface area contributed by atoms with E-state index in [0.29, 0.717) is 37.4 Å². The number of rotatable bonds is 10. The summed E-state index contributed by atoms with van der Waals surface area (Å²) < 4.78 is 8.85. The van der Waals surface area contributed by atoms with Crippen LogP contribution in [0.3, 0.4) is 0 Å². The Morgan fingerprint density at radius 3 is 2.63 bits per heavy atom. The quantitative estimate of drug-likeness (QED) is 0.518. The number of aryl methyl sites for hydroxylation is 2. The molecule has 0 aliphatic heterocycles. The van der Waals surface area contributed by atoms with Gasteiger partial charge < -0.3 is 9.30 Å². The SMILES string of the molecule is C=CCOc1ccc(CN(C)Cc2nc3c(c(=O)[nH]c(=O)n3CCCC)n2C)cc1. The van der Waals surface area contributed by atoms with Gasteiger partial charge in [0.1, 0.15) is 18.2 Å². The minimum Gasteiger partial charge on any atom is -0.490 e. The summed E-state index contributed by atoms with van der Waals surface area (Å²) in [7, 11) is 3.81. The van der Waals surface area contributed by atoms with Gasteiger partial charge in [-0.2, -0.15) is 0 Å². The minimum absolute atomic E-state index is 0.401. The van der Waals surface area contributed by atoms with Crippen LogP contribution in [-0.2, 0) is 26.7 Å². The zero-order valence-corrected chi connectivity index (χ0v) is 17.9. The van der Waals surface area contributed by atoms with Gasteiger partial charge in [0.05, 0.1) is 6.54 Å². The van der Waals surface area contributed by atoms with Crippen molar-refractivity contribution in [3.05, 3.63) is 69.1 Å². The van der Waals surface area contributed by atoms with Gasteiger partial charge in [0.25, 0.3) is 5.56 Å². The summed E-state index contributed by atoms with van der Waals surface area (Å²) in [6, 6.07) is 7.93. The topological polar surface area (TPSA) is 85.2 Å². The van der Waals surface area contributed by atoms with Gasteiger partial charge in [-0.15, -0.1) is 0 Å². The molecule has 0 aliphatic carbocycles. The highest BCUT2D eigenvalue weighted by atomic mass is 16.5. The van der Waals surface area contributed by atoms with Crippen molar-refractivity contribution in [2.24, 2.45) is 7.05 Å². The third kappa shape index (κ3) is 4.71. The highest BCUT2D eigenvalue weighted by molar-refractivity contribution is 5.70. The maximum atomic E-state index is 12.4. The monoisotopic (exact) mass is 411 g/mol. The summed E-state index contributed by atoms with van der Waals surface area (Å²) in [5.41, 5.74) is 1.21. The molecule has 0 aliphatic rings. The second-order valence-electron chi connectivity index (χ2n) is 7.44. The molecule has 8 heteroatoms. The van der Waals surface area contributed by atoms with Crippen molar-refractivity contribution >= 4 is 11.2 Å². The van der Waals surface area contributed by atoms with E-state index < -0.39 is 11.2 Å². The average Bonchev–Trinajstić information content (AvgIpc) is 3.03. The number of nitrogens with one attached hydrogen (secondary N) is 1. The number of imidazole rings is 1. The Morgan fingerprint density at radius 2 is 1.97 bits per heavy atom. The molecule has 0 radical (unpaired) electrons. The maximum Gasteiger partial charge on any atom is 0.330 e. The lowest BCUT2D eigenvalue weighted by molar-refractivity contribution is 0.307. The average molecular weight is 412 g/mol. The summed E-state index contributed by atoms with van der Waals surface area (Å²) >= 11 is 0. The lowest BCUT2D eigenvalue weighted by Crippen LogP contribution is -2.31. The molecule has 0 amide bonds. The molecule has 2 aromatic heterocycles. The van der Waals surface area contributed by atoms with Gasteiger partial charge in [-0.1, -0.05) is 38.1 Å². The lowest BCUT2D eigenvalue weighted by Gasteiger charge is -2.16. The van der Waals surface area contributed by atoms with Crippen molar-refractivity contribution in [1.82, 2.24) is 24.0 Å². The first-order valence-corrected chi connectivity index (χ1v) is 10.1. The van der Waals surface area contributed by atoms with Crippen molar-refractivity contribution in [2.75, 3.05) is 13.7 Å². The molecule has 0 unspecified atom stereocenters. The van der Waals surface area contributed by atoms with E-state index in [9.17, 15) is 9.59 Å². The Hall–Kier alpha value is -3.13. The van der Waals surface area contributed by atoms with Crippen molar-refractivity contribution in [3.63, 3.8) is 0 Å².